The summed E-state index contributed by atoms with van der Waals surface area (Å²) in [6.07, 6.45) is 2.86. The molecule has 0 unspecified atom stereocenters. The molecule has 4 aliphatic rings. The van der Waals surface area contributed by atoms with Gasteiger partial charge in [-0.05, 0) is 13.8 Å². The zero-order chi connectivity index (χ0) is 16.3. The number of alkyl halides is 1. The highest BCUT2D eigenvalue weighted by atomic mass is 79.9. The number of carbonyl (C=O) groups is 2. The number of hydrogen-bond donors (Lipinski definition) is 0. The van der Waals surface area contributed by atoms with Crippen molar-refractivity contribution in [3.8, 4) is 0 Å². The molecule has 0 saturated carbocycles. The molecule has 4 atom stereocenters. The summed E-state index contributed by atoms with van der Waals surface area (Å²) in [4.78, 5) is 24.5. The molecule has 6 nitrogen and oxygen atoms in total. The van der Waals surface area contributed by atoms with Crippen molar-refractivity contribution in [2.75, 3.05) is 14.2 Å². The Morgan fingerprint density at radius 2 is 1.82 bits per heavy atom. The zero-order valence-corrected chi connectivity index (χ0v) is 14.3. The molecule has 1 heterocycles. The summed E-state index contributed by atoms with van der Waals surface area (Å²) >= 11 is 3.58. The second-order valence-electron chi connectivity index (χ2n) is 5.95. The molecule has 7 heteroatoms. The number of halogens is 1. The van der Waals surface area contributed by atoms with Crippen molar-refractivity contribution < 1.29 is 28.5 Å². The quantitative estimate of drug-likeness (QED) is 0.415. The highest BCUT2D eigenvalue weighted by Crippen LogP contribution is 2.55. The highest BCUT2D eigenvalue weighted by molar-refractivity contribution is 9.10. The zero-order valence-electron chi connectivity index (χ0n) is 12.7. The van der Waals surface area contributed by atoms with Crippen molar-refractivity contribution in [1.82, 2.24) is 0 Å². The number of rotatable bonds is 2. The monoisotopic (exact) mass is 372 g/mol. The molecule has 22 heavy (non-hydrogen) atoms. The fraction of sp³-hybridized carbons (Fsp3) is 0.600. The standard InChI is InChI=1S/C15H17BrO6/c1-14(2)21-10-7-5-6-15(16,11(10)22-14)9(13(18)20-4)8(7)12(17)19-3/h5-7,10-11H,1-4H3/t7-,10-,11-,15-/m0/s1. The van der Waals surface area contributed by atoms with Crippen LogP contribution in [0.5, 0.6) is 0 Å². The molecule has 3 aliphatic carbocycles. The van der Waals surface area contributed by atoms with Crippen LogP contribution >= 0.6 is 15.9 Å². The topological polar surface area (TPSA) is 71.1 Å². The molecule has 0 amide bonds. The van der Waals surface area contributed by atoms with Gasteiger partial charge in [0.1, 0.15) is 10.4 Å². The van der Waals surface area contributed by atoms with Gasteiger partial charge in [0.15, 0.2) is 5.79 Å². The van der Waals surface area contributed by atoms with E-state index < -0.39 is 34.1 Å². The molecule has 0 aromatic carbocycles. The van der Waals surface area contributed by atoms with E-state index in [1.807, 2.05) is 12.2 Å². The summed E-state index contributed by atoms with van der Waals surface area (Å²) < 4.78 is 20.7. The van der Waals surface area contributed by atoms with E-state index in [1.165, 1.54) is 14.2 Å². The Morgan fingerprint density at radius 3 is 2.41 bits per heavy atom. The Morgan fingerprint density at radius 1 is 1.18 bits per heavy atom. The fourth-order valence-corrected chi connectivity index (χ4v) is 4.28. The lowest BCUT2D eigenvalue weighted by atomic mass is 9.68. The fourth-order valence-electron chi connectivity index (χ4n) is 3.40. The first kappa shape index (κ1) is 15.7. The van der Waals surface area contributed by atoms with Crippen molar-refractivity contribution in [2.45, 2.75) is 36.2 Å². The van der Waals surface area contributed by atoms with Gasteiger partial charge in [-0.3, -0.25) is 0 Å². The predicted octanol–water partition coefficient (Wildman–Crippen LogP) is 1.48. The minimum atomic E-state index is -0.975. The number of ether oxygens (including phenoxy) is 4. The third-order valence-corrected chi connectivity index (χ3v) is 5.34. The largest absolute Gasteiger partial charge is 0.466 e. The van der Waals surface area contributed by atoms with Crippen LogP contribution in [0.15, 0.2) is 23.3 Å². The second-order valence-corrected chi connectivity index (χ2v) is 7.26. The van der Waals surface area contributed by atoms with Crippen LogP contribution in [0.1, 0.15) is 13.8 Å². The smallest absolute Gasteiger partial charge is 0.336 e. The first-order chi connectivity index (χ1) is 10.2. The molecule has 120 valence electrons. The lowest BCUT2D eigenvalue weighted by Gasteiger charge is -2.45. The van der Waals surface area contributed by atoms with Crippen LogP contribution in [-0.4, -0.2) is 48.5 Å². The minimum absolute atomic E-state index is 0.219. The van der Waals surface area contributed by atoms with E-state index >= 15 is 0 Å². The maximum absolute atomic E-state index is 12.3. The van der Waals surface area contributed by atoms with Gasteiger partial charge in [-0.2, -0.15) is 0 Å². The van der Waals surface area contributed by atoms with E-state index in [-0.39, 0.29) is 17.3 Å². The molecule has 4 rings (SSSR count). The van der Waals surface area contributed by atoms with Crippen LogP contribution < -0.4 is 0 Å². The normalized spacial score (nSPS) is 38.0. The molecular formula is C15H17BrO6. The van der Waals surface area contributed by atoms with E-state index in [0.29, 0.717) is 0 Å². The minimum Gasteiger partial charge on any atom is -0.466 e. The van der Waals surface area contributed by atoms with Gasteiger partial charge in [0.05, 0.1) is 31.5 Å². The Hall–Kier alpha value is -1.18. The van der Waals surface area contributed by atoms with Gasteiger partial charge >= 0.3 is 11.9 Å². The Labute approximate surface area is 136 Å². The third-order valence-electron chi connectivity index (χ3n) is 4.22. The molecule has 0 N–H and O–H groups in total. The first-order valence-electron chi connectivity index (χ1n) is 6.90. The Bertz CT molecular complexity index is 607. The summed E-state index contributed by atoms with van der Waals surface area (Å²) in [7, 11) is 2.56. The lowest BCUT2D eigenvalue weighted by Crippen LogP contribution is -2.56. The lowest BCUT2D eigenvalue weighted by molar-refractivity contribution is -0.149. The van der Waals surface area contributed by atoms with Crippen LogP contribution in [0.3, 0.4) is 0 Å². The maximum atomic E-state index is 12.3. The molecule has 0 radical (unpaired) electrons. The van der Waals surface area contributed by atoms with E-state index in [2.05, 4.69) is 15.9 Å². The van der Waals surface area contributed by atoms with Gasteiger partial charge in [0, 0.05) is 5.92 Å². The summed E-state index contributed by atoms with van der Waals surface area (Å²) in [6, 6.07) is 0. The molecule has 1 aliphatic heterocycles. The van der Waals surface area contributed by atoms with Crippen molar-refractivity contribution in [3.05, 3.63) is 23.3 Å². The van der Waals surface area contributed by atoms with Crippen molar-refractivity contribution in [2.24, 2.45) is 5.92 Å². The predicted molar refractivity (Wildman–Crippen MR) is 79.2 cm³/mol. The van der Waals surface area contributed by atoms with E-state index in [1.54, 1.807) is 13.8 Å². The van der Waals surface area contributed by atoms with Crippen LogP contribution in [0.25, 0.3) is 0 Å². The van der Waals surface area contributed by atoms with Gasteiger partial charge in [-0.25, -0.2) is 9.59 Å². The van der Waals surface area contributed by atoms with E-state index in [4.69, 9.17) is 18.9 Å². The van der Waals surface area contributed by atoms with Crippen LogP contribution in [-0.2, 0) is 28.5 Å². The number of hydrogen-bond acceptors (Lipinski definition) is 6. The van der Waals surface area contributed by atoms with Crippen LogP contribution in [0, 0.1) is 5.92 Å². The molecule has 1 fully saturated rings. The third kappa shape index (κ3) is 1.99. The van der Waals surface area contributed by atoms with Gasteiger partial charge < -0.3 is 18.9 Å². The summed E-state index contributed by atoms with van der Waals surface area (Å²) in [5, 5.41) is 0. The van der Waals surface area contributed by atoms with Gasteiger partial charge in [-0.1, -0.05) is 28.1 Å². The SMILES string of the molecule is COC(=O)C1=C(C(=O)OC)[C@@]2(Br)C=C[C@@H]1[C@@H]1OC(C)(C)O[C@@H]12. The van der Waals surface area contributed by atoms with Gasteiger partial charge in [-0.15, -0.1) is 0 Å². The summed E-state index contributed by atoms with van der Waals surface area (Å²) in [5.41, 5.74) is 0.480. The second kappa shape index (κ2) is 4.91. The molecule has 0 spiro atoms. The molecule has 2 bridgehead atoms. The van der Waals surface area contributed by atoms with Gasteiger partial charge in [0.25, 0.3) is 0 Å². The molecule has 0 aromatic rings. The number of methoxy groups -OCH3 is 2. The van der Waals surface area contributed by atoms with Crippen molar-refractivity contribution in [1.29, 1.82) is 0 Å². The molecule has 1 saturated heterocycles. The van der Waals surface area contributed by atoms with E-state index in [9.17, 15) is 9.59 Å². The van der Waals surface area contributed by atoms with Crippen molar-refractivity contribution in [3.63, 3.8) is 0 Å². The Kier molecular flexibility index (Phi) is 3.50. The average Bonchev–Trinajstić information content (AvgIpc) is 2.82. The average molecular weight is 373 g/mol. The number of carbonyl (C=O) groups excluding carboxylic acids is 2. The molecular weight excluding hydrogens is 356 g/mol. The first-order valence-corrected chi connectivity index (χ1v) is 7.69. The Balaban J connectivity index is 2.18. The molecule has 0 aromatic heterocycles. The van der Waals surface area contributed by atoms with Crippen LogP contribution in [0.4, 0.5) is 0 Å². The highest BCUT2D eigenvalue weighted by Gasteiger charge is 2.63. The van der Waals surface area contributed by atoms with Gasteiger partial charge in [0.2, 0.25) is 0 Å². The maximum Gasteiger partial charge on any atom is 0.336 e. The summed E-state index contributed by atoms with van der Waals surface area (Å²) in [6.45, 7) is 3.60. The van der Waals surface area contributed by atoms with Crippen LogP contribution in [0.2, 0.25) is 0 Å². The van der Waals surface area contributed by atoms with E-state index in [0.717, 1.165) is 0 Å². The van der Waals surface area contributed by atoms with Crippen molar-refractivity contribution >= 4 is 27.9 Å². The summed E-state index contributed by atoms with van der Waals surface area (Å²) in [5.74, 6) is -2.36. The number of esters is 2.